The normalized spacial score (nSPS) is 17.9. The SMILES string of the molecule is CC(=O)N1CCN(C(=O)c2ccc(C)c(F)c2)CCC1c1nc(C)no1. The van der Waals surface area contributed by atoms with Crippen molar-refractivity contribution in [3.05, 3.63) is 46.9 Å². The Morgan fingerprint density at radius 3 is 2.62 bits per heavy atom. The molecular weight excluding hydrogens is 339 g/mol. The van der Waals surface area contributed by atoms with Crippen LogP contribution >= 0.6 is 0 Å². The Labute approximate surface area is 150 Å². The summed E-state index contributed by atoms with van der Waals surface area (Å²) < 4.78 is 19.0. The summed E-state index contributed by atoms with van der Waals surface area (Å²) >= 11 is 0. The van der Waals surface area contributed by atoms with E-state index in [0.29, 0.717) is 48.9 Å². The predicted octanol–water partition coefficient (Wildman–Crippen LogP) is 2.26. The van der Waals surface area contributed by atoms with Crippen molar-refractivity contribution in [1.29, 1.82) is 0 Å². The van der Waals surface area contributed by atoms with Crippen LogP contribution in [0.15, 0.2) is 22.7 Å². The topological polar surface area (TPSA) is 79.5 Å². The van der Waals surface area contributed by atoms with Gasteiger partial charge in [0.2, 0.25) is 11.8 Å². The molecule has 1 fully saturated rings. The van der Waals surface area contributed by atoms with Gasteiger partial charge in [-0.1, -0.05) is 11.2 Å². The zero-order valence-corrected chi connectivity index (χ0v) is 15.0. The van der Waals surface area contributed by atoms with Crippen LogP contribution in [0.4, 0.5) is 4.39 Å². The van der Waals surface area contributed by atoms with Crippen LogP contribution in [-0.4, -0.2) is 51.4 Å². The van der Waals surface area contributed by atoms with E-state index in [4.69, 9.17) is 4.52 Å². The van der Waals surface area contributed by atoms with Crippen LogP contribution in [-0.2, 0) is 4.79 Å². The maximum atomic E-state index is 13.8. The molecule has 1 unspecified atom stereocenters. The summed E-state index contributed by atoms with van der Waals surface area (Å²) in [5, 5.41) is 3.79. The Balaban J connectivity index is 1.81. The number of benzene rings is 1. The molecule has 0 radical (unpaired) electrons. The number of carbonyl (C=O) groups is 2. The van der Waals surface area contributed by atoms with Crippen LogP contribution < -0.4 is 0 Å². The summed E-state index contributed by atoms with van der Waals surface area (Å²) in [6.45, 7) is 5.95. The minimum atomic E-state index is -0.407. The lowest BCUT2D eigenvalue weighted by Crippen LogP contribution is -2.37. The molecule has 0 aliphatic carbocycles. The van der Waals surface area contributed by atoms with Crippen molar-refractivity contribution in [3.8, 4) is 0 Å². The van der Waals surface area contributed by atoms with Gasteiger partial charge in [0, 0.05) is 32.1 Å². The fourth-order valence-electron chi connectivity index (χ4n) is 3.12. The number of aryl methyl sites for hydroxylation is 2. The lowest BCUT2D eigenvalue weighted by atomic mass is 10.1. The maximum Gasteiger partial charge on any atom is 0.254 e. The molecule has 0 bridgehead atoms. The minimum absolute atomic E-state index is 0.124. The number of nitrogens with zero attached hydrogens (tertiary/aromatic N) is 4. The molecule has 8 heteroatoms. The number of hydrogen-bond donors (Lipinski definition) is 0. The first-order valence-corrected chi connectivity index (χ1v) is 8.49. The molecule has 1 aromatic carbocycles. The van der Waals surface area contributed by atoms with E-state index in [2.05, 4.69) is 10.1 Å². The summed E-state index contributed by atoms with van der Waals surface area (Å²) in [5.41, 5.74) is 0.793. The molecule has 1 aliphatic rings. The van der Waals surface area contributed by atoms with Gasteiger partial charge in [-0.15, -0.1) is 0 Å². The Morgan fingerprint density at radius 2 is 2.00 bits per heavy atom. The second-order valence-electron chi connectivity index (χ2n) is 6.45. The number of amides is 2. The molecule has 1 saturated heterocycles. The quantitative estimate of drug-likeness (QED) is 0.821. The molecule has 1 aromatic heterocycles. The molecule has 2 aromatic rings. The van der Waals surface area contributed by atoms with Gasteiger partial charge in [-0.3, -0.25) is 9.59 Å². The van der Waals surface area contributed by atoms with Crippen molar-refractivity contribution in [2.24, 2.45) is 0 Å². The lowest BCUT2D eigenvalue weighted by molar-refractivity contribution is -0.131. The first kappa shape index (κ1) is 18.0. The van der Waals surface area contributed by atoms with Crippen molar-refractivity contribution in [1.82, 2.24) is 19.9 Å². The molecule has 26 heavy (non-hydrogen) atoms. The number of halogens is 1. The molecule has 0 N–H and O–H groups in total. The largest absolute Gasteiger partial charge is 0.337 e. The molecule has 2 amide bonds. The average molecular weight is 360 g/mol. The second-order valence-corrected chi connectivity index (χ2v) is 6.45. The van der Waals surface area contributed by atoms with Crippen molar-refractivity contribution >= 4 is 11.8 Å². The van der Waals surface area contributed by atoms with Crippen LogP contribution in [0.5, 0.6) is 0 Å². The van der Waals surface area contributed by atoms with E-state index in [0.717, 1.165) is 0 Å². The second kappa shape index (κ2) is 7.23. The van der Waals surface area contributed by atoms with Gasteiger partial charge in [0.05, 0.1) is 0 Å². The number of rotatable bonds is 2. The van der Waals surface area contributed by atoms with E-state index in [1.807, 2.05) is 0 Å². The van der Waals surface area contributed by atoms with Gasteiger partial charge in [-0.2, -0.15) is 4.98 Å². The monoisotopic (exact) mass is 360 g/mol. The van der Waals surface area contributed by atoms with Crippen molar-refractivity contribution in [2.45, 2.75) is 33.2 Å². The average Bonchev–Trinajstić information content (AvgIpc) is 2.90. The third-order valence-electron chi connectivity index (χ3n) is 4.60. The van der Waals surface area contributed by atoms with E-state index >= 15 is 0 Å². The molecule has 0 spiro atoms. The van der Waals surface area contributed by atoms with Crippen LogP contribution in [0.1, 0.15) is 47.0 Å². The summed E-state index contributed by atoms with van der Waals surface area (Å²) in [7, 11) is 0. The molecule has 2 heterocycles. The Hall–Kier alpha value is -2.77. The molecule has 1 atom stereocenters. The highest BCUT2D eigenvalue weighted by molar-refractivity contribution is 5.94. The van der Waals surface area contributed by atoms with Crippen molar-refractivity contribution in [3.63, 3.8) is 0 Å². The molecular formula is C18H21FN4O3. The maximum absolute atomic E-state index is 13.8. The smallest absolute Gasteiger partial charge is 0.254 e. The number of aromatic nitrogens is 2. The van der Waals surface area contributed by atoms with Crippen LogP contribution in [0.25, 0.3) is 0 Å². The van der Waals surface area contributed by atoms with Gasteiger partial charge in [0.15, 0.2) is 5.82 Å². The summed E-state index contributed by atoms with van der Waals surface area (Å²) in [4.78, 5) is 32.3. The van der Waals surface area contributed by atoms with E-state index < -0.39 is 5.82 Å². The van der Waals surface area contributed by atoms with Crippen LogP contribution in [0, 0.1) is 19.7 Å². The zero-order valence-electron chi connectivity index (χ0n) is 15.0. The van der Waals surface area contributed by atoms with E-state index in [9.17, 15) is 14.0 Å². The van der Waals surface area contributed by atoms with Crippen LogP contribution in [0.2, 0.25) is 0 Å². The molecule has 1 aliphatic heterocycles. The first-order valence-electron chi connectivity index (χ1n) is 8.49. The Morgan fingerprint density at radius 1 is 1.23 bits per heavy atom. The molecule has 3 rings (SSSR count). The first-order chi connectivity index (χ1) is 12.4. The highest BCUT2D eigenvalue weighted by Crippen LogP contribution is 2.26. The molecule has 138 valence electrons. The zero-order chi connectivity index (χ0) is 18.8. The third kappa shape index (κ3) is 3.58. The Kier molecular flexibility index (Phi) is 5.01. The molecule has 0 saturated carbocycles. The highest BCUT2D eigenvalue weighted by Gasteiger charge is 2.32. The van der Waals surface area contributed by atoms with E-state index in [1.165, 1.54) is 13.0 Å². The number of carbonyl (C=O) groups excluding carboxylic acids is 2. The number of hydrogen-bond acceptors (Lipinski definition) is 5. The van der Waals surface area contributed by atoms with Gasteiger partial charge < -0.3 is 14.3 Å². The summed E-state index contributed by atoms with van der Waals surface area (Å²) in [5.74, 6) is 0.0794. The fourth-order valence-corrected chi connectivity index (χ4v) is 3.12. The van der Waals surface area contributed by atoms with Gasteiger partial charge in [-0.05, 0) is 38.0 Å². The minimum Gasteiger partial charge on any atom is -0.337 e. The summed E-state index contributed by atoms with van der Waals surface area (Å²) in [6.07, 6.45) is 0.474. The standard InChI is InChI=1S/C18H21FN4O3/c1-11-4-5-14(10-15(11)19)18(25)22-7-6-16(17-20-12(2)21-26-17)23(9-8-22)13(3)24/h4-5,10,16H,6-9H2,1-3H3. The van der Waals surface area contributed by atoms with Gasteiger partial charge in [-0.25, -0.2) is 4.39 Å². The fraction of sp³-hybridized carbons (Fsp3) is 0.444. The predicted molar refractivity (Wildman–Crippen MR) is 90.8 cm³/mol. The lowest BCUT2D eigenvalue weighted by Gasteiger charge is -2.25. The van der Waals surface area contributed by atoms with Gasteiger partial charge >= 0.3 is 0 Å². The van der Waals surface area contributed by atoms with Crippen molar-refractivity contribution in [2.75, 3.05) is 19.6 Å². The van der Waals surface area contributed by atoms with Crippen molar-refractivity contribution < 1.29 is 18.5 Å². The summed E-state index contributed by atoms with van der Waals surface area (Å²) in [6, 6.07) is 4.09. The van der Waals surface area contributed by atoms with E-state index in [-0.39, 0.29) is 17.9 Å². The van der Waals surface area contributed by atoms with Crippen LogP contribution in [0.3, 0.4) is 0 Å². The van der Waals surface area contributed by atoms with Gasteiger partial charge in [0.1, 0.15) is 11.9 Å². The van der Waals surface area contributed by atoms with Gasteiger partial charge in [0.25, 0.3) is 5.91 Å². The van der Waals surface area contributed by atoms with E-state index in [1.54, 1.807) is 35.8 Å². The highest BCUT2D eigenvalue weighted by atomic mass is 19.1. The Bertz CT molecular complexity index is 836. The molecule has 7 nitrogen and oxygen atoms in total. The third-order valence-corrected chi connectivity index (χ3v) is 4.60.